The van der Waals surface area contributed by atoms with Crippen molar-refractivity contribution in [2.75, 3.05) is 44.2 Å². The normalized spacial score (nSPS) is 25.7. The van der Waals surface area contributed by atoms with E-state index in [0.717, 1.165) is 37.9 Å². The third-order valence-electron chi connectivity index (χ3n) is 10.4. The van der Waals surface area contributed by atoms with E-state index >= 15 is 8.78 Å². The molecule has 4 aliphatic rings. The highest BCUT2D eigenvalue weighted by Crippen LogP contribution is 2.48. The minimum absolute atomic E-state index is 0.0536. The van der Waals surface area contributed by atoms with Crippen LogP contribution in [0.1, 0.15) is 50.2 Å². The second-order valence-electron chi connectivity index (χ2n) is 14.3. The number of aromatic nitrogens is 4. The van der Waals surface area contributed by atoms with Crippen LogP contribution in [-0.4, -0.2) is 82.1 Å². The van der Waals surface area contributed by atoms with Crippen molar-refractivity contribution in [3.63, 3.8) is 0 Å². The van der Waals surface area contributed by atoms with E-state index in [4.69, 9.17) is 4.74 Å². The monoisotopic (exact) mass is 659 g/mol. The second kappa shape index (κ2) is 10.7. The Morgan fingerprint density at radius 2 is 1.85 bits per heavy atom. The first-order valence-electron chi connectivity index (χ1n) is 16.1. The molecule has 4 fully saturated rings. The SMILES string of the molecule is Cc1cc2[nH]ncc2c(-c2c(F)cc3c(N4C[C@H]5CC[C@@](C)(C4)N5)nc(OCC4(CN5CC[C@@H](F)C5)CC4)nc3c2F)c1C(F)(F)F. The number of rotatable bonds is 7. The molecule has 250 valence electrons. The third-order valence-corrected chi connectivity index (χ3v) is 10.4. The largest absolute Gasteiger partial charge is 0.463 e. The Labute approximate surface area is 266 Å². The van der Waals surface area contributed by atoms with Crippen molar-refractivity contribution in [3.05, 3.63) is 41.1 Å². The highest BCUT2D eigenvalue weighted by molar-refractivity contribution is 6.01. The summed E-state index contributed by atoms with van der Waals surface area (Å²) in [5.74, 6) is -2.12. The summed E-state index contributed by atoms with van der Waals surface area (Å²) in [7, 11) is 0. The van der Waals surface area contributed by atoms with Gasteiger partial charge < -0.3 is 15.0 Å². The zero-order valence-electron chi connectivity index (χ0n) is 26.1. The summed E-state index contributed by atoms with van der Waals surface area (Å²) in [6, 6.07) is 2.31. The predicted molar refractivity (Wildman–Crippen MR) is 164 cm³/mol. The quantitative estimate of drug-likeness (QED) is 0.225. The lowest BCUT2D eigenvalue weighted by Gasteiger charge is -2.40. The van der Waals surface area contributed by atoms with Gasteiger partial charge in [0.25, 0.3) is 0 Å². The molecular weight excluding hydrogens is 624 g/mol. The highest BCUT2D eigenvalue weighted by atomic mass is 19.4. The molecule has 47 heavy (non-hydrogen) atoms. The molecule has 2 N–H and O–H groups in total. The fraction of sp³-hybridized carbons (Fsp3) is 0.545. The molecule has 1 aliphatic carbocycles. The lowest BCUT2D eigenvalue weighted by Crippen LogP contribution is -2.58. The summed E-state index contributed by atoms with van der Waals surface area (Å²) in [6.07, 6.45) is -0.525. The Balaban J connectivity index is 1.26. The van der Waals surface area contributed by atoms with E-state index in [-0.39, 0.29) is 62.8 Å². The minimum atomic E-state index is -4.91. The van der Waals surface area contributed by atoms with E-state index in [9.17, 15) is 17.6 Å². The number of benzene rings is 2. The van der Waals surface area contributed by atoms with Gasteiger partial charge in [-0.3, -0.25) is 10.00 Å². The number of aryl methyl sites for hydroxylation is 1. The van der Waals surface area contributed by atoms with Crippen molar-refractivity contribution in [3.8, 4) is 17.1 Å². The number of halogens is 6. The van der Waals surface area contributed by atoms with Gasteiger partial charge >= 0.3 is 12.2 Å². The van der Waals surface area contributed by atoms with E-state index < -0.39 is 40.7 Å². The number of ether oxygens (including phenoxy) is 1. The molecule has 4 aromatic rings. The van der Waals surface area contributed by atoms with E-state index in [2.05, 4.69) is 37.3 Å². The molecule has 3 aliphatic heterocycles. The van der Waals surface area contributed by atoms with Crippen LogP contribution in [0.3, 0.4) is 0 Å². The van der Waals surface area contributed by atoms with Crippen LogP contribution in [0.5, 0.6) is 6.01 Å². The molecule has 3 saturated heterocycles. The van der Waals surface area contributed by atoms with Gasteiger partial charge in [-0.15, -0.1) is 0 Å². The number of fused-ring (bicyclic) bond motifs is 4. The number of likely N-dealkylation sites (tertiary alicyclic amines) is 1. The van der Waals surface area contributed by atoms with Crippen LogP contribution in [-0.2, 0) is 6.18 Å². The van der Waals surface area contributed by atoms with Gasteiger partial charge in [-0.1, -0.05) is 0 Å². The number of aromatic amines is 1. The average molecular weight is 660 g/mol. The minimum Gasteiger partial charge on any atom is -0.463 e. The van der Waals surface area contributed by atoms with Crippen LogP contribution in [0.25, 0.3) is 32.9 Å². The molecule has 0 amide bonds. The Kier molecular flexibility index (Phi) is 6.97. The van der Waals surface area contributed by atoms with E-state index in [1.807, 2.05) is 4.90 Å². The Hall–Kier alpha value is -3.65. The van der Waals surface area contributed by atoms with Gasteiger partial charge in [-0.05, 0) is 63.6 Å². The van der Waals surface area contributed by atoms with Crippen LogP contribution < -0.4 is 15.0 Å². The summed E-state index contributed by atoms with van der Waals surface area (Å²) in [6.45, 7) is 6.30. The topological polar surface area (TPSA) is 82.2 Å². The molecule has 8 nitrogen and oxygen atoms in total. The molecule has 2 bridgehead atoms. The molecule has 0 radical (unpaired) electrons. The van der Waals surface area contributed by atoms with Gasteiger partial charge in [-0.25, -0.2) is 13.2 Å². The molecule has 5 heterocycles. The van der Waals surface area contributed by atoms with Crippen LogP contribution >= 0.6 is 0 Å². The lowest BCUT2D eigenvalue weighted by molar-refractivity contribution is -0.137. The number of H-pyrrole nitrogens is 1. The van der Waals surface area contributed by atoms with Gasteiger partial charge in [0, 0.05) is 66.1 Å². The van der Waals surface area contributed by atoms with E-state index in [1.54, 1.807) is 0 Å². The molecular formula is C33H35F6N7O. The Morgan fingerprint density at radius 3 is 2.55 bits per heavy atom. The molecule has 1 saturated carbocycles. The first kappa shape index (κ1) is 30.7. The fourth-order valence-corrected chi connectivity index (χ4v) is 8.00. The maximum Gasteiger partial charge on any atom is 0.417 e. The number of nitrogens with one attached hydrogen (secondary N) is 2. The van der Waals surface area contributed by atoms with Crippen LogP contribution in [0.15, 0.2) is 18.3 Å². The van der Waals surface area contributed by atoms with E-state index in [0.29, 0.717) is 39.1 Å². The van der Waals surface area contributed by atoms with Crippen molar-refractivity contribution < 1.29 is 31.1 Å². The second-order valence-corrected chi connectivity index (χ2v) is 14.3. The zero-order valence-corrected chi connectivity index (χ0v) is 26.1. The predicted octanol–water partition coefficient (Wildman–Crippen LogP) is 6.31. The summed E-state index contributed by atoms with van der Waals surface area (Å²) in [5, 5.41) is 10.1. The molecule has 8 rings (SSSR count). The fourth-order valence-electron chi connectivity index (χ4n) is 8.00. The van der Waals surface area contributed by atoms with Gasteiger partial charge in [0.05, 0.1) is 29.4 Å². The van der Waals surface area contributed by atoms with Gasteiger partial charge in [-0.2, -0.15) is 28.2 Å². The van der Waals surface area contributed by atoms with Crippen molar-refractivity contribution in [1.29, 1.82) is 0 Å². The Bertz CT molecular complexity index is 1890. The van der Waals surface area contributed by atoms with Crippen LogP contribution in [0.4, 0.5) is 32.2 Å². The summed E-state index contributed by atoms with van der Waals surface area (Å²) < 4.78 is 96.6. The number of nitrogens with zero attached hydrogens (tertiary/aromatic N) is 5. The van der Waals surface area contributed by atoms with Crippen molar-refractivity contribution >= 4 is 27.6 Å². The number of alkyl halides is 4. The summed E-state index contributed by atoms with van der Waals surface area (Å²) >= 11 is 0. The molecule has 2 aromatic heterocycles. The van der Waals surface area contributed by atoms with Gasteiger partial charge in [0.1, 0.15) is 23.3 Å². The molecule has 14 heteroatoms. The van der Waals surface area contributed by atoms with Crippen LogP contribution in [0, 0.1) is 24.0 Å². The number of anilines is 1. The first-order chi connectivity index (χ1) is 22.3. The highest BCUT2D eigenvalue weighted by Gasteiger charge is 2.47. The first-order valence-corrected chi connectivity index (χ1v) is 16.1. The molecule has 2 aromatic carbocycles. The molecule has 0 spiro atoms. The van der Waals surface area contributed by atoms with Crippen LogP contribution in [0.2, 0.25) is 0 Å². The Morgan fingerprint density at radius 1 is 1.04 bits per heavy atom. The summed E-state index contributed by atoms with van der Waals surface area (Å²) in [5.41, 5.74) is -3.38. The van der Waals surface area contributed by atoms with Crippen molar-refractivity contribution in [2.24, 2.45) is 5.41 Å². The maximum atomic E-state index is 16.9. The number of hydrogen-bond acceptors (Lipinski definition) is 7. The summed E-state index contributed by atoms with van der Waals surface area (Å²) in [4.78, 5) is 13.1. The number of piperazine rings is 1. The maximum absolute atomic E-state index is 16.9. The molecule has 3 atom stereocenters. The standard InChI is InChI=1S/C33H35F6N7O/c1-17-9-23-21(11-40-44-23)24(26(17)33(37,38)39)25-22(35)10-20-28(27(25)36)41-30(42-29(20)46-13-19-3-5-31(2,14-46)43-19)47-16-32(6-7-32)15-45-8-4-18(34)12-45/h9-11,18-19,43H,3-8,12-16H2,1-2H3,(H,40,44)/t18-,19-,31+/m1/s1. The van der Waals surface area contributed by atoms with Crippen molar-refractivity contribution in [2.45, 2.75) is 69.9 Å². The van der Waals surface area contributed by atoms with Gasteiger partial charge in [0.2, 0.25) is 0 Å². The van der Waals surface area contributed by atoms with Gasteiger partial charge in [0.15, 0.2) is 5.82 Å². The molecule has 0 unspecified atom stereocenters. The number of hydrogen-bond donors (Lipinski definition) is 2. The zero-order chi connectivity index (χ0) is 32.9. The van der Waals surface area contributed by atoms with E-state index in [1.165, 1.54) is 13.0 Å². The smallest absolute Gasteiger partial charge is 0.417 e. The van der Waals surface area contributed by atoms with Crippen molar-refractivity contribution in [1.82, 2.24) is 30.4 Å². The third kappa shape index (κ3) is 5.37. The average Bonchev–Trinajstić information content (AvgIpc) is 3.25. The lowest BCUT2D eigenvalue weighted by atomic mass is 9.90.